The lowest BCUT2D eigenvalue weighted by Crippen LogP contribution is -2.16. The van der Waals surface area contributed by atoms with Gasteiger partial charge < -0.3 is 0 Å². The Kier molecular flexibility index (Phi) is 5.65. The predicted octanol–water partition coefficient (Wildman–Crippen LogP) is 3.55. The highest BCUT2D eigenvalue weighted by molar-refractivity contribution is 9.10. The van der Waals surface area contributed by atoms with Crippen molar-refractivity contribution in [2.75, 3.05) is 5.32 Å². The molecule has 0 fully saturated rings. The highest BCUT2D eigenvalue weighted by Crippen LogP contribution is 2.24. The number of hydrogen-bond acceptors (Lipinski definition) is 5. The fourth-order valence-electron chi connectivity index (χ4n) is 2.56. The van der Waals surface area contributed by atoms with Gasteiger partial charge >= 0.3 is 0 Å². The number of carbonyl (C=O) groups is 1. The Labute approximate surface area is 183 Å². The average Bonchev–Trinajstić information content (AvgIpc) is 3.41. The Morgan fingerprint density at radius 3 is 2.62 bits per heavy atom. The molecule has 3 aromatic heterocycles. The van der Waals surface area contributed by atoms with Gasteiger partial charge in [-0.25, -0.2) is 14.3 Å². The van der Waals surface area contributed by atoms with Gasteiger partial charge in [-0.3, -0.25) is 14.8 Å². The smallest absolute Gasteiger partial charge is 0.278 e. The molecule has 0 atom stereocenters. The highest BCUT2D eigenvalue weighted by Gasteiger charge is 2.14. The van der Waals surface area contributed by atoms with E-state index in [-0.39, 0.29) is 11.6 Å². The van der Waals surface area contributed by atoms with E-state index in [0.29, 0.717) is 23.3 Å². The van der Waals surface area contributed by atoms with Crippen LogP contribution in [-0.4, -0.2) is 40.2 Å². The lowest BCUT2D eigenvalue weighted by Gasteiger charge is -2.06. The SMILES string of the molecule is O=C(Nc1ncn(Cc2c(Cl)cccc2Cl)n1)c1ccn(Cn2cc(Br)cn2)n1. The molecule has 0 aliphatic carbocycles. The summed E-state index contributed by atoms with van der Waals surface area (Å²) in [7, 11) is 0. The Morgan fingerprint density at radius 2 is 1.90 bits per heavy atom. The maximum atomic E-state index is 12.4. The number of hydrogen-bond donors (Lipinski definition) is 1. The summed E-state index contributed by atoms with van der Waals surface area (Å²) in [5.74, 6) is -0.261. The van der Waals surface area contributed by atoms with Gasteiger partial charge in [-0.1, -0.05) is 29.3 Å². The van der Waals surface area contributed by atoms with E-state index in [1.165, 1.54) is 11.0 Å². The van der Waals surface area contributed by atoms with E-state index in [4.69, 9.17) is 23.2 Å². The van der Waals surface area contributed by atoms with Crippen molar-refractivity contribution in [1.82, 2.24) is 34.3 Å². The third-order valence-electron chi connectivity index (χ3n) is 3.91. The molecule has 4 rings (SSSR count). The van der Waals surface area contributed by atoms with Crippen molar-refractivity contribution < 1.29 is 4.79 Å². The quantitative estimate of drug-likeness (QED) is 0.441. The molecular formula is C17H13BrCl2N8O. The third kappa shape index (κ3) is 4.66. The van der Waals surface area contributed by atoms with Gasteiger partial charge in [0.05, 0.1) is 17.2 Å². The van der Waals surface area contributed by atoms with Crippen LogP contribution in [0.3, 0.4) is 0 Å². The first-order valence-electron chi connectivity index (χ1n) is 8.33. The Bertz CT molecular complexity index is 1150. The molecular weight excluding hydrogens is 483 g/mol. The zero-order valence-electron chi connectivity index (χ0n) is 14.7. The molecule has 0 aliphatic rings. The summed E-state index contributed by atoms with van der Waals surface area (Å²) in [6.45, 7) is 0.708. The van der Waals surface area contributed by atoms with Gasteiger partial charge in [-0.2, -0.15) is 10.2 Å². The van der Waals surface area contributed by atoms with E-state index in [1.807, 2.05) is 6.20 Å². The molecule has 4 aromatic rings. The van der Waals surface area contributed by atoms with Crippen LogP contribution >= 0.6 is 39.1 Å². The molecule has 0 radical (unpaired) electrons. The van der Waals surface area contributed by atoms with Gasteiger partial charge in [0.1, 0.15) is 13.0 Å². The summed E-state index contributed by atoms with van der Waals surface area (Å²) in [4.78, 5) is 16.5. The molecule has 0 unspecified atom stereocenters. The van der Waals surface area contributed by atoms with Crippen LogP contribution in [0.4, 0.5) is 5.95 Å². The Balaban J connectivity index is 1.40. The maximum absolute atomic E-state index is 12.4. The zero-order chi connectivity index (χ0) is 20.4. The monoisotopic (exact) mass is 494 g/mol. The Hall–Kier alpha value is -2.69. The number of nitrogens with zero attached hydrogens (tertiary/aromatic N) is 7. The second-order valence-electron chi connectivity index (χ2n) is 6.00. The molecule has 3 heterocycles. The first-order chi connectivity index (χ1) is 14.0. The van der Waals surface area contributed by atoms with E-state index in [0.717, 1.165) is 10.0 Å². The van der Waals surface area contributed by atoms with Gasteiger partial charge in [0, 0.05) is 28.0 Å². The molecule has 0 saturated heterocycles. The first-order valence-corrected chi connectivity index (χ1v) is 9.88. The molecule has 148 valence electrons. The van der Waals surface area contributed by atoms with Crippen molar-refractivity contribution >= 4 is 51.0 Å². The predicted molar refractivity (Wildman–Crippen MR) is 111 cm³/mol. The first kappa shape index (κ1) is 19.6. The minimum absolute atomic E-state index is 0.156. The minimum atomic E-state index is -0.418. The normalized spacial score (nSPS) is 11.0. The van der Waals surface area contributed by atoms with Crippen molar-refractivity contribution in [3.8, 4) is 0 Å². The van der Waals surface area contributed by atoms with Gasteiger partial charge in [0.15, 0.2) is 5.69 Å². The molecule has 1 aromatic carbocycles. The van der Waals surface area contributed by atoms with Gasteiger partial charge in [0.2, 0.25) is 5.95 Å². The highest BCUT2D eigenvalue weighted by atomic mass is 79.9. The molecule has 1 N–H and O–H groups in total. The fraction of sp³-hybridized carbons (Fsp3) is 0.118. The van der Waals surface area contributed by atoms with Gasteiger partial charge in [0.25, 0.3) is 5.91 Å². The van der Waals surface area contributed by atoms with Crippen LogP contribution in [-0.2, 0) is 13.2 Å². The second kappa shape index (κ2) is 8.36. The summed E-state index contributed by atoms with van der Waals surface area (Å²) in [6.07, 6.45) is 6.66. The largest absolute Gasteiger partial charge is 0.288 e. The number of benzene rings is 1. The molecule has 0 spiro atoms. The van der Waals surface area contributed by atoms with Crippen LogP contribution in [0.1, 0.15) is 16.1 Å². The van der Waals surface area contributed by atoms with E-state index in [9.17, 15) is 4.79 Å². The molecule has 12 heteroatoms. The van der Waals surface area contributed by atoms with Gasteiger partial charge in [-0.15, -0.1) is 5.10 Å². The number of halogens is 3. The van der Waals surface area contributed by atoms with Crippen LogP contribution in [0, 0.1) is 0 Å². The van der Waals surface area contributed by atoms with Crippen LogP contribution in [0.25, 0.3) is 0 Å². The van der Waals surface area contributed by atoms with E-state index in [1.54, 1.807) is 46.0 Å². The van der Waals surface area contributed by atoms with E-state index < -0.39 is 5.91 Å². The number of rotatable bonds is 6. The van der Waals surface area contributed by atoms with E-state index >= 15 is 0 Å². The number of amides is 1. The Morgan fingerprint density at radius 1 is 1.10 bits per heavy atom. The number of nitrogens with one attached hydrogen (secondary N) is 1. The van der Waals surface area contributed by atoms with Crippen molar-refractivity contribution in [3.05, 3.63) is 75.0 Å². The maximum Gasteiger partial charge on any atom is 0.278 e. The summed E-state index contributed by atoms with van der Waals surface area (Å²) >= 11 is 15.7. The van der Waals surface area contributed by atoms with Crippen molar-refractivity contribution in [1.29, 1.82) is 0 Å². The third-order valence-corrected chi connectivity index (χ3v) is 5.03. The van der Waals surface area contributed by atoms with E-state index in [2.05, 4.69) is 41.5 Å². The average molecular weight is 496 g/mol. The number of carbonyl (C=O) groups excluding carboxylic acids is 1. The van der Waals surface area contributed by atoms with Crippen LogP contribution in [0.5, 0.6) is 0 Å². The fourth-order valence-corrected chi connectivity index (χ4v) is 3.41. The summed E-state index contributed by atoms with van der Waals surface area (Å²) < 4.78 is 5.68. The standard InChI is InChI=1S/C17H13BrCl2N8O/c18-11-6-22-28(7-11)10-26-5-4-15(24-26)16(29)23-17-21-9-27(25-17)8-12-13(19)2-1-3-14(12)20/h1-7,9H,8,10H2,(H,23,25,29). The van der Waals surface area contributed by atoms with Crippen molar-refractivity contribution in [2.24, 2.45) is 0 Å². The number of aromatic nitrogens is 7. The van der Waals surface area contributed by atoms with Crippen LogP contribution in [0.2, 0.25) is 10.0 Å². The lowest BCUT2D eigenvalue weighted by molar-refractivity contribution is 0.102. The molecule has 0 saturated carbocycles. The minimum Gasteiger partial charge on any atom is -0.288 e. The topological polar surface area (TPSA) is 95.5 Å². The summed E-state index contributed by atoms with van der Waals surface area (Å²) in [5.41, 5.74) is 0.962. The molecule has 0 bridgehead atoms. The van der Waals surface area contributed by atoms with Crippen molar-refractivity contribution in [2.45, 2.75) is 13.2 Å². The molecule has 0 aliphatic heterocycles. The number of anilines is 1. The lowest BCUT2D eigenvalue weighted by atomic mass is 10.2. The van der Waals surface area contributed by atoms with Gasteiger partial charge in [-0.05, 0) is 34.1 Å². The van der Waals surface area contributed by atoms with Crippen LogP contribution in [0.15, 0.2) is 53.7 Å². The van der Waals surface area contributed by atoms with Crippen molar-refractivity contribution in [3.63, 3.8) is 0 Å². The molecule has 9 nitrogen and oxygen atoms in total. The van der Waals surface area contributed by atoms with Crippen LogP contribution < -0.4 is 5.32 Å². The summed E-state index contributed by atoms with van der Waals surface area (Å²) in [5, 5.41) is 16.3. The molecule has 1 amide bonds. The second-order valence-corrected chi connectivity index (χ2v) is 7.73. The molecule has 29 heavy (non-hydrogen) atoms. The zero-order valence-corrected chi connectivity index (χ0v) is 17.8. The summed E-state index contributed by atoms with van der Waals surface area (Å²) in [6, 6.07) is 6.88.